The van der Waals surface area contributed by atoms with Gasteiger partial charge in [-0.3, -0.25) is 4.79 Å². The molecule has 1 heterocycles. The topological polar surface area (TPSA) is 83.6 Å². The first-order chi connectivity index (χ1) is 7.29. The third-order valence-corrected chi connectivity index (χ3v) is 3.11. The quantitative estimate of drug-likeness (QED) is 0.731. The molecular weight excluding hydrogens is 208 g/mol. The maximum Gasteiger partial charge on any atom is 0.329 e. The van der Waals surface area contributed by atoms with Gasteiger partial charge in [-0.25, -0.2) is 4.79 Å². The van der Waals surface area contributed by atoms with Gasteiger partial charge in [0.2, 0.25) is 5.91 Å². The number of aliphatic carboxylic acids is 1. The molecule has 2 atom stereocenters. The minimum Gasteiger partial charge on any atom is -0.480 e. The third kappa shape index (κ3) is 2.19. The molecule has 0 unspecified atom stereocenters. The summed E-state index contributed by atoms with van der Waals surface area (Å²) in [5.74, 6) is -0.986. The Morgan fingerprint density at radius 1 is 1.69 bits per heavy atom. The first-order valence-electron chi connectivity index (χ1n) is 5.59. The second-order valence-corrected chi connectivity index (χ2v) is 5.06. The van der Waals surface area contributed by atoms with Crippen molar-refractivity contribution in [3.05, 3.63) is 0 Å². The number of hydrogen-bond acceptors (Lipinski definition) is 3. The van der Waals surface area contributed by atoms with E-state index in [2.05, 4.69) is 0 Å². The fourth-order valence-electron chi connectivity index (χ4n) is 2.30. The van der Waals surface area contributed by atoms with Gasteiger partial charge in [-0.05, 0) is 25.7 Å². The van der Waals surface area contributed by atoms with Crippen LogP contribution >= 0.6 is 0 Å². The van der Waals surface area contributed by atoms with Crippen molar-refractivity contribution in [2.75, 3.05) is 6.54 Å². The zero-order valence-corrected chi connectivity index (χ0v) is 10.1. The lowest BCUT2D eigenvalue weighted by Gasteiger charge is -2.36. The molecule has 92 valence electrons. The van der Waals surface area contributed by atoms with E-state index in [0.717, 1.165) is 0 Å². The van der Waals surface area contributed by atoms with Gasteiger partial charge in [-0.1, -0.05) is 13.8 Å². The Morgan fingerprint density at radius 3 is 2.56 bits per heavy atom. The van der Waals surface area contributed by atoms with Crippen LogP contribution in [0.1, 0.15) is 33.6 Å². The first-order valence-corrected chi connectivity index (χ1v) is 5.59. The van der Waals surface area contributed by atoms with Crippen molar-refractivity contribution in [1.29, 1.82) is 0 Å². The highest BCUT2D eigenvalue weighted by molar-refractivity contribution is 5.90. The Bertz CT molecular complexity index is 304. The normalized spacial score (nSPS) is 24.9. The fraction of sp³-hybridized carbons (Fsp3) is 0.818. The van der Waals surface area contributed by atoms with Crippen LogP contribution in [0.3, 0.4) is 0 Å². The molecule has 0 saturated carbocycles. The highest BCUT2D eigenvalue weighted by atomic mass is 16.4. The molecule has 0 aliphatic carbocycles. The predicted molar refractivity (Wildman–Crippen MR) is 59.8 cm³/mol. The number of carboxylic acid groups (broad SMARTS) is 1. The van der Waals surface area contributed by atoms with Crippen LogP contribution < -0.4 is 5.73 Å². The van der Waals surface area contributed by atoms with E-state index in [4.69, 9.17) is 5.73 Å². The second kappa shape index (κ2) is 4.41. The molecule has 5 heteroatoms. The van der Waals surface area contributed by atoms with E-state index < -0.39 is 17.6 Å². The van der Waals surface area contributed by atoms with Crippen LogP contribution in [0.15, 0.2) is 0 Å². The molecule has 5 nitrogen and oxygen atoms in total. The summed E-state index contributed by atoms with van der Waals surface area (Å²) in [5, 5.41) is 9.31. The van der Waals surface area contributed by atoms with Gasteiger partial charge in [-0.15, -0.1) is 0 Å². The maximum absolute atomic E-state index is 11.8. The first kappa shape index (κ1) is 13.0. The Balaban J connectivity index is 2.94. The molecule has 1 rings (SSSR count). The van der Waals surface area contributed by atoms with Gasteiger partial charge in [0, 0.05) is 6.54 Å². The summed E-state index contributed by atoms with van der Waals surface area (Å²) in [4.78, 5) is 24.6. The van der Waals surface area contributed by atoms with E-state index in [1.54, 1.807) is 6.92 Å². The van der Waals surface area contributed by atoms with E-state index in [-0.39, 0.29) is 11.8 Å². The lowest BCUT2D eigenvalue weighted by atomic mass is 9.89. The van der Waals surface area contributed by atoms with Gasteiger partial charge in [0.15, 0.2) is 0 Å². The molecule has 0 bridgehead atoms. The molecular formula is C11H20N2O3. The molecule has 1 fully saturated rings. The number of carbonyl (C=O) groups excluding carboxylic acids is 1. The van der Waals surface area contributed by atoms with Crippen molar-refractivity contribution in [2.45, 2.75) is 45.2 Å². The molecule has 0 aromatic rings. The summed E-state index contributed by atoms with van der Waals surface area (Å²) >= 11 is 0. The monoisotopic (exact) mass is 228 g/mol. The maximum atomic E-state index is 11.8. The molecule has 0 aromatic heterocycles. The number of carboxylic acids is 1. The molecule has 1 amide bonds. The minimum atomic E-state index is -1.13. The van der Waals surface area contributed by atoms with Crippen molar-refractivity contribution in [3.63, 3.8) is 0 Å². The average Bonchev–Trinajstić information content (AvgIpc) is 2.46. The van der Waals surface area contributed by atoms with Crippen LogP contribution in [0.5, 0.6) is 0 Å². The number of hydrogen-bond donors (Lipinski definition) is 2. The van der Waals surface area contributed by atoms with Crippen molar-refractivity contribution in [2.24, 2.45) is 11.7 Å². The van der Waals surface area contributed by atoms with Crippen LogP contribution in [0.4, 0.5) is 0 Å². The highest BCUT2D eigenvalue weighted by Gasteiger charge is 2.46. The largest absolute Gasteiger partial charge is 0.480 e. The third-order valence-electron chi connectivity index (χ3n) is 3.11. The standard InChI is InChI=1S/C11H20N2O3/c1-7(2)6-11(3,10(15)16)13-5-4-8(12)9(13)14/h7-8H,4-6,12H2,1-3H3,(H,15,16)/t8-,11+/m1/s1. The number of amides is 1. The number of nitrogens with zero attached hydrogens (tertiary/aromatic N) is 1. The lowest BCUT2D eigenvalue weighted by Crippen LogP contribution is -2.55. The highest BCUT2D eigenvalue weighted by Crippen LogP contribution is 2.28. The van der Waals surface area contributed by atoms with Crippen molar-refractivity contribution < 1.29 is 14.7 Å². The van der Waals surface area contributed by atoms with Crippen LogP contribution in [0, 0.1) is 5.92 Å². The summed E-state index contributed by atoms with van der Waals surface area (Å²) in [7, 11) is 0. The van der Waals surface area contributed by atoms with Crippen molar-refractivity contribution in [1.82, 2.24) is 4.90 Å². The smallest absolute Gasteiger partial charge is 0.329 e. The SMILES string of the molecule is CC(C)C[C@@](C)(C(=O)O)N1CC[C@@H](N)C1=O. The minimum absolute atomic E-state index is 0.214. The van der Waals surface area contributed by atoms with Gasteiger partial charge in [0.05, 0.1) is 6.04 Å². The number of rotatable bonds is 4. The van der Waals surface area contributed by atoms with E-state index in [1.807, 2.05) is 13.8 Å². The Morgan fingerprint density at radius 2 is 2.25 bits per heavy atom. The van der Waals surface area contributed by atoms with E-state index in [9.17, 15) is 14.7 Å². The Hall–Kier alpha value is -1.10. The average molecular weight is 228 g/mol. The van der Waals surface area contributed by atoms with Gasteiger partial charge < -0.3 is 15.7 Å². The molecule has 3 N–H and O–H groups in total. The lowest BCUT2D eigenvalue weighted by molar-refractivity contribution is -0.157. The molecule has 16 heavy (non-hydrogen) atoms. The zero-order valence-electron chi connectivity index (χ0n) is 10.1. The van der Waals surface area contributed by atoms with Crippen molar-refractivity contribution >= 4 is 11.9 Å². The molecule has 1 aliphatic rings. The summed E-state index contributed by atoms with van der Waals surface area (Å²) in [6.45, 7) is 5.93. The fourth-order valence-corrected chi connectivity index (χ4v) is 2.30. The van der Waals surface area contributed by atoms with Crippen LogP contribution in [-0.2, 0) is 9.59 Å². The van der Waals surface area contributed by atoms with E-state index >= 15 is 0 Å². The van der Waals surface area contributed by atoms with Crippen LogP contribution in [-0.4, -0.2) is 40.0 Å². The van der Waals surface area contributed by atoms with Gasteiger partial charge in [-0.2, -0.15) is 0 Å². The van der Waals surface area contributed by atoms with Gasteiger partial charge in [0.25, 0.3) is 0 Å². The van der Waals surface area contributed by atoms with Crippen molar-refractivity contribution in [3.8, 4) is 0 Å². The van der Waals surface area contributed by atoms with E-state index in [0.29, 0.717) is 19.4 Å². The zero-order chi connectivity index (χ0) is 12.5. The van der Waals surface area contributed by atoms with Crippen LogP contribution in [0.25, 0.3) is 0 Å². The second-order valence-electron chi connectivity index (χ2n) is 5.06. The van der Waals surface area contributed by atoms with Crippen LogP contribution in [0.2, 0.25) is 0 Å². The molecule has 1 aliphatic heterocycles. The van der Waals surface area contributed by atoms with E-state index in [1.165, 1.54) is 4.90 Å². The number of carbonyl (C=O) groups is 2. The molecule has 0 spiro atoms. The molecule has 0 radical (unpaired) electrons. The Kier molecular flexibility index (Phi) is 3.57. The molecule has 1 saturated heterocycles. The van der Waals surface area contributed by atoms with Gasteiger partial charge in [0.1, 0.15) is 5.54 Å². The Labute approximate surface area is 95.6 Å². The summed E-state index contributed by atoms with van der Waals surface area (Å²) < 4.78 is 0. The summed E-state index contributed by atoms with van der Waals surface area (Å²) in [6, 6.07) is -0.536. The van der Waals surface area contributed by atoms with Gasteiger partial charge >= 0.3 is 5.97 Å². The molecule has 0 aromatic carbocycles. The number of nitrogens with two attached hydrogens (primary N) is 1. The number of likely N-dealkylation sites (tertiary alicyclic amines) is 1. The predicted octanol–water partition coefficient (Wildman–Crippen LogP) is 0.435. The summed E-state index contributed by atoms with van der Waals surface area (Å²) in [5.41, 5.74) is 4.49. The summed E-state index contributed by atoms with van der Waals surface area (Å²) in [6.07, 6.45) is 0.987.